The summed E-state index contributed by atoms with van der Waals surface area (Å²) in [5, 5.41) is 10.6. The van der Waals surface area contributed by atoms with Crippen LogP contribution in [-0.2, 0) is 6.42 Å². The lowest BCUT2D eigenvalue weighted by Crippen LogP contribution is -2.04. The van der Waals surface area contributed by atoms with Gasteiger partial charge in [0.2, 0.25) is 0 Å². The van der Waals surface area contributed by atoms with Crippen molar-refractivity contribution in [3.05, 3.63) is 68.4 Å². The second kappa shape index (κ2) is 6.04. The van der Waals surface area contributed by atoms with E-state index in [9.17, 15) is 9.50 Å². The standard InChI is InChI=1S/C15H13BrClFO/c1-9-6-10(2-4-13(9)16)15(19)8-11-7-12(17)3-5-14(11)18/h2-7,15,19H,8H2,1H3. The Morgan fingerprint density at radius 2 is 2.00 bits per heavy atom. The molecule has 0 aliphatic carbocycles. The van der Waals surface area contributed by atoms with Crippen LogP contribution >= 0.6 is 27.5 Å². The lowest BCUT2D eigenvalue weighted by Gasteiger charge is -2.13. The van der Waals surface area contributed by atoms with Crippen molar-refractivity contribution >= 4 is 27.5 Å². The van der Waals surface area contributed by atoms with Crippen molar-refractivity contribution in [3.8, 4) is 0 Å². The number of halogens is 3. The lowest BCUT2D eigenvalue weighted by molar-refractivity contribution is 0.177. The second-order valence-electron chi connectivity index (χ2n) is 4.46. The maximum atomic E-state index is 13.6. The Hall–Kier alpha value is -0.900. The van der Waals surface area contributed by atoms with E-state index in [1.807, 2.05) is 25.1 Å². The molecule has 1 nitrogen and oxygen atoms in total. The SMILES string of the molecule is Cc1cc(C(O)Cc2cc(Cl)ccc2F)ccc1Br. The molecule has 1 N–H and O–H groups in total. The minimum atomic E-state index is -0.750. The molecule has 4 heteroatoms. The van der Waals surface area contributed by atoms with Gasteiger partial charge < -0.3 is 5.11 Å². The van der Waals surface area contributed by atoms with Gasteiger partial charge >= 0.3 is 0 Å². The van der Waals surface area contributed by atoms with Crippen molar-refractivity contribution in [2.45, 2.75) is 19.4 Å². The molecule has 0 aliphatic heterocycles. The normalized spacial score (nSPS) is 12.5. The summed E-state index contributed by atoms with van der Waals surface area (Å²) in [6.07, 6.45) is -0.548. The summed E-state index contributed by atoms with van der Waals surface area (Å²) in [5.74, 6) is -0.350. The van der Waals surface area contributed by atoms with Gasteiger partial charge in [0, 0.05) is 15.9 Å². The maximum absolute atomic E-state index is 13.6. The summed E-state index contributed by atoms with van der Waals surface area (Å²) in [4.78, 5) is 0. The Morgan fingerprint density at radius 1 is 1.26 bits per heavy atom. The molecule has 1 atom stereocenters. The first-order valence-corrected chi connectivity index (χ1v) is 7.02. The third-order valence-corrected chi connectivity index (χ3v) is 4.11. The minimum Gasteiger partial charge on any atom is -0.388 e. The van der Waals surface area contributed by atoms with Crippen molar-refractivity contribution in [2.75, 3.05) is 0 Å². The zero-order valence-corrected chi connectivity index (χ0v) is 12.7. The molecule has 0 aliphatic rings. The van der Waals surface area contributed by atoms with E-state index in [4.69, 9.17) is 11.6 Å². The van der Waals surface area contributed by atoms with Gasteiger partial charge in [0.1, 0.15) is 5.82 Å². The molecule has 0 saturated carbocycles. The number of benzene rings is 2. The van der Waals surface area contributed by atoms with Crippen LogP contribution in [0.25, 0.3) is 0 Å². The Bertz CT molecular complexity index is 601. The van der Waals surface area contributed by atoms with Gasteiger partial charge in [-0.15, -0.1) is 0 Å². The summed E-state index contributed by atoms with van der Waals surface area (Å²) < 4.78 is 14.6. The highest BCUT2D eigenvalue weighted by molar-refractivity contribution is 9.10. The molecule has 19 heavy (non-hydrogen) atoms. The Morgan fingerprint density at radius 3 is 2.68 bits per heavy atom. The topological polar surface area (TPSA) is 20.2 Å². The number of aliphatic hydroxyl groups excluding tert-OH is 1. The van der Waals surface area contributed by atoms with E-state index >= 15 is 0 Å². The van der Waals surface area contributed by atoms with Crippen LogP contribution in [0.4, 0.5) is 4.39 Å². The summed E-state index contributed by atoms with van der Waals surface area (Å²) in [6.45, 7) is 1.94. The van der Waals surface area contributed by atoms with Crippen LogP contribution in [-0.4, -0.2) is 5.11 Å². The first kappa shape index (κ1) is 14.5. The van der Waals surface area contributed by atoms with Crippen LogP contribution in [0.2, 0.25) is 5.02 Å². The van der Waals surface area contributed by atoms with Crippen LogP contribution in [0.15, 0.2) is 40.9 Å². The van der Waals surface area contributed by atoms with Gasteiger partial charge in [-0.25, -0.2) is 4.39 Å². The quantitative estimate of drug-likeness (QED) is 0.846. The van der Waals surface area contributed by atoms with Crippen molar-refractivity contribution in [2.24, 2.45) is 0 Å². The highest BCUT2D eigenvalue weighted by Crippen LogP contribution is 2.25. The minimum absolute atomic E-state index is 0.202. The number of aryl methyl sites for hydroxylation is 1. The van der Waals surface area contributed by atoms with E-state index in [0.717, 1.165) is 15.6 Å². The Kier molecular flexibility index (Phi) is 4.61. The zero-order valence-electron chi connectivity index (χ0n) is 10.3. The average molecular weight is 344 g/mol. The third kappa shape index (κ3) is 3.56. The molecule has 0 spiro atoms. The molecule has 0 bridgehead atoms. The molecule has 0 aromatic heterocycles. The highest BCUT2D eigenvalue weighted by atomic mass is 79.9. The summed E-state index contributed by atoms with van der Waals surface area (Å²) in [6, 6.07) is 9.95. The van der Waals surface area contributed by atoms with E-state index in [-0.39, 0.29) is 12.2 Å². The lowest BCUT2D eigenvalue weighted by atomic mass is 10.00. The van der Waals surface area contributed by atoms with Crippen LogP contribution in [0, 0.1) is 12.7 Å². The van der Waals surface area contributed by atoms with Crippen LogP contribution in [0.5, 0.6) is 0 Å². The molecule has 2 rings (SSSR count). The number of hydrogen-bond donors (Lipinski definition) is 1. The predicted octanol–water partition coefficient (Wildman–Crippen LogP) is 4.83. The number of rotatable bonds is 3. The molecular weight excluding hydrogens is 331 g/mol. The van der Waals surface area contributed by atoms with Crippen LogP contribution in [0.1, 0.15) is 22.8 Å². The van der Waals surface area contributed by atoms with Crippen LogP contribution < -0.4 is 0 Å². The fourth-order valence-electron chi connectivity index (χ4n) is 1.90. The van der Waals surface area contributed by atoms with Gasteiger partial charge in [0.15, 0.2) is 0 Å². The fraction of sp³-hybridized carbons (Fsp3) is 0.200. The molecule has 0 amide bonds. The fourth-order valence-corrected chi connectivity index (χ4v) is 2.34. The smallest absolute Gasteiger partial charge is 0.126 e. The largest absolute Gasteiger partial charge is 0.388 e. The van der Waals surface area contributed by atoms with Gasteiger partial charge in [0.25, 0.3) is 0 Å². The Labute approximate surface area is 125 Å². The van der Waals surface area contributed by atoms with E-state index in [1.165, 1.54) is 12.1 Å². The van der Waals surface area contributed by atoms with Gasteiger partial charge in [0.05, 0.1) is 6.10 Å². The van der Waals surface area contributed by atoms with E-state index in [1.54, 1.807) is 6.07 Å². The molecule has 0 heterocycles. The van der Waals surface area contributed by atoms with Crippen LogP contribution in [0.3, 0.4) is 0 Å². The van der Waals surface area contributed by atoms with Crippen molar-refractivity contribution in [1.82, 2.24) is 0 Å². The molecular formula is C15H13BrClFO. The first-order valence-electron chi connectivity index (χ1n) is 5.85. The number of hydrogen-bond acceptors (Lipinski definition) is 1. The molecule has 2 aromatic carbocycles. The molecule has 0 saturated heterocycles. The third-order valence-electron chi connectivity index (χ3n) is 2.99. The van der Waals surface area contributed by atoms with Crippen molar-refractivity contribution < 1.29 is 9.50 Å². The zero-order chi connectivity index (χ0) is 14.0. The number of aliphatic hydroxyl groups is 1. The molecule has 1 unspecified atom stereocenters. The summed E-state index contributed by atoms with van der Waals surface area (Å²) in [7, 11) is 0. The van der Waals surface area contributed by atoms with Crippen molar-refractivity contribution in [3.63, 3.8) is 0 Å². The highest BCUT2D eigenvalue weighted by Gasteiger charge is 2.13. The molecule has 2 aromatic rings. The summed E-state index contributed by atoms with van der Waals surface area (Å²) in [5.41, 5.74) is 2.21. The van der Waals surface area contributed by atoms with Crippen molar-refractivity contribution in [1.29, 1.82) is 0 Å². The van der Waals surface area contributed by atoms with E-state index < -0.39 is 6.10 Å². The van der Waals surface area contributed by atoms with Gasteiger partial charge in [-0.1, -0.05) is 39.7 Å². The Balaban J connectivity index is 2.22. The average Bonchev–Trinajstić information content (AvgIpc) is 2.37. The monoisotopic (exact) mass is 342 g/mol. The van der Waals surface area contributed by atoms with Gasteiger partial charge in [-0.3, -0.25) is 0 Å². The summed E-state index contributed by atoms with van der Waals surface area (Å²) >= 11 is 9.25. The molecule has 0 radical (unpaired) electrons. The predicted molar refractivity (Wildman–Crippen MR) is 79.0 cm³/mol. The van der Waals surface area contributed by atoms with E-state index in [0.29, 0.717) is 10.6 Å². The van der Waals surface area contributed by atoms with Gasteiger partial charge in [-0.05, 0) is 47.9 Å². The molecule has 0 fully saturated rings. The van der Waals surface area contributed by atoms with Gasteiger partial charge in [-0.2, -0.15) is 0 Å². The maximum Gasteiger partial charge on any atom is 0.126 e. The second-order valence-corrected chi connectivity index (χ2v) is 5.76. The van der Waals surface area contributed by atoms with E-state index in [2.05, 4.69) is 15.9 Å². The molecule has 100 valence electrons. The first-order chi connectivity index (χ1) is 8.97.